The van der Waals surface area contributed by atoms with Crippen molar-refractivity contribution in [3.8, 4) is 16.9 Å². The first-order chi connectivity index (χ1) is 11.4. The van der Waals surface area contributed by atoms with Crippen molar-refractivity contribution in [1.29, 1.82) is 0 Å². The van der Waals surface area contributed by atoms with E-state index in [2.05, 4.69) is 24.3 Å². The third-order valence-electron chi connectivity index (χ3n) is 4.09. The molecular weight excluding hydrogens is 284 g/mol. The molecule has 0 aromatic heterocycles. The highest BCUT2D eigenvalue weighted by molar-refractivity contribution is 6.11. The van der Waals surface area contributed by atoms with Gasteiger partial charge >= 0.3 is 0 Å². The Hall–Kier alpha value is -3.13. The first kappa shape index (κ1) is 13.5. The van der Waals surface area contributed by atoms with Crippen LogP contribution in [0.1, 0.15) is 0 Å². The monoisotopic (exact) mass is 298 g/mol. The third-order valence-corrected chi connectivity index (χ3v) is 4.09. The molecule has 23 heavy (non-hydrogen) atoms. The molecule has 4 rings (SSSR count). The first-order valence-electron chi connectivity index (χ1n) is 7.48. The van der Waals surface area contributed by atoms with Crippen LogP contribution >= 0.6 is 0 Å². The van der Waals surface area contributed by atoms with Crippen molar-refractivity contribution in [1.82, 2.24) is 0 Å². The largest absolute Gasteiger partial charge is 0.427 e. The highest BCUT2D eigenvalue weighted by Crippen LogP contribution is 2.40. The number of rotatable bonds is 3. The molecule has 0 spiro atoms. The smallest absolute Gasteiger partial charge is 0.298 e. The van der Waals surface area contributed by atoms with Crippen LogP contribution in [0.4, 0.5) is 0 Å². The molecule has 0 radical (unpaired) electrons. The predicted molar refractivity (Wildman–Crippen MR) is 93.6 cm³/mol. The Morgan fingerprint density at radius 3 is 2.30 bits per heavy atom. The van der Waals surface area contributed by atoms with Crippen LogP contribution in [0.3, 0.4) is 0 Å². The lowest BCUT2D eigenvalue weighted by atomic mass is 9.94. The van der Waals surface area contributed by atoms with Crippen LogP contribution in [0.15, 0.2) is 78.9 Å². The van der Waals surface area contributed by atoms with Gasteiger partial charge in [0, 0.05) is 10.8 Å². The van der Waals surface area contributed by atoms with Gasteiger partial charge in [-0.25, -0.2) is 0 Å². The molecule has 2 heteroatoms. The zero-order valence-electron chi connectivity index (χ0n) is 12.4. The summed E-state index contributed by atoms with van der Waals surface area (Å²) in [5.41, 5.74) is 2.16. The molecule has 0 amide bonds. The third kappa shape index (κ3) is 2.25. The minimum absolute atomic E-state index is 0.503. The second-order valence-electron chi connectivity index (χ2n) is 5.41. The minimum Gasteiger partial charge on any atom is -0.427 e. The van der Waals surface area contributed by atoms with Gasteiger partial charge in [-0.15, -0.1) is 0 Å². The fourth-order valence-electron chi connectivity index (χ4n) is 3.10. The van der Waals surface area contributed by atoms with Crippen molar-refractivity contribution in [2.24, 2.45) is 0 Å². The van der Waals surface area contributed by atoms with E-state index in [0.29, 0.717) is 12.2 Å². The Labute approximate surface area is 133 Å². The van der Waals surface area contributed by atoms with E-state index in [4.69, 9.17) is 4.74 Å². The van der Waals surface area contributed by atoms with Crippen LogP contribution in [-0.4, -0.2) is 6.47 Å². The van der Waals surface area contributed by atoms with E-state index in [1.54, 1.807) is 0 Å². The number of hydrogen-bond acceptors (Lipinski definition) is 2. The number of fused-ring (bicyclic) bond motifs is 2. The van der Waals surface area contributed by atoms with Gasteiger partial charge in [0.25, 0.3) is 6.47 Å². The number of hydrogen-bond donors (Lipinski definition) is 0. The van der Waals surface area contributed by atoms with E-state index in [0.717, 1.165) is 32.7 Å². The maximum Gasteiger partial charge on any atom is 0.298 e. The molecule has 0 aliphatic heterocycles. The molecular formula is C21H14O2. The van der Waals surface area contributed by atoms with Gasteiger partial charge in [0.15, 0.2) is 0 Å². The summed E-state index contributed by atoms with van der Waals surface area (Å²) in [5.74, 6) is 0.618. The summed E-state index contributed by atoms with van der Waals surface area (Å²) >= 11 is 0. The lowest BCUT2D eigenvalue weighted by molar-refractivity contribution is -0.120. The lowest BCUT2D eigenvalue weighted by Crippen LogP contribution is -1.93. The van der Waals surface area contributed by atoms with Crippen LogP contribution in [0.5, 0.6) is 5.75 Å². The average molecular weight is 298 g/mol. The van der Waals surface area contributed by atoms with E-state index in [1.165, 1.54) is 0 Å². The Morgan fingerprint density at radius 1 is 0.739 bits per heavy atom. The maximum absolute atomic E-state index is 11.1. The topological polar surface area (TPSA) is 26.3 Å². The van der Waals surface area contributed by atoms with Crippen LogP contribution < -0.4 is 4.74 Å². The highest BCUT2D eigenvalue weighted by atomic mass is 16.5. The van der Waals surface area contributed by atoms with E-state index in [9.17, 15) is 4.79 Å². The van der Waals surface area contributed by atoms with Gasteiger partial charge in [-0.1, -0.05) is 72.8 Å². The number of benzene rings is 4. The zero-order valence-corrected chi connectivity index (χ0v) is 12.4. The van der Waals surface area contributed by atoms with Crippen molar-refractivity contribution in [2.45, 2.75) is 0 Å². The van der Waals surface area contributed by atoms with Crippen LogP contribution in [0.25, 0.3) is 32.7 Å². The summed E-state index contributed by atoms with van der Waals surface area (Å²) in [4.78, 5) is 11.1. The zero-order chi connectivity index (χ0) is 15.6. The van der Waals surface area contributed by atoms with Crippen molar-refractivity contribution < 1.29 is 9.53 Å². The molecule has 110 valence electrons. The van der Waals surface area contributed by atoms with Gasteiger partial charge < -0.3 is 4.74 Å². The highest BCUT2D eigenvalue weighted by Gasteiger charge is 2.13. The fraction of sp³-hybridized carbons (Fsp3) is 0. The molecule has 0 aliphatic carbocycles. The summed E-state index contributed by atoms with van der Waals surface area (Å²) in [7, 11) is 0. The lowest BCUT2D eigenvalue weighted by Gasteiger charge is -2.13. The minimum atomic E-state index is 0.503. The maximum atomic E-state index is 11.1. The molecule has 4 aromatic carbocycles. The fourth-order valence-corrected chi connectivity index (χ4v) is 3.10. The summed E-state index contributed by atoms with van der Waals surface area (Å²) in [5, 5.41) is 4.02. The Morgan fingerprint density at radius 2 is 1.48 bits per heavy atom. The van der Waals surface area contributed by atoms with Crippen LogP contribution in [-0.2, 0) is 4.79 Å². The van der Waals surface area contributed by atoms with E-state index in [1.807, 2.05) is 54.6 Å². The quantitative estimate of drug-likeness (QED) is 0.384. The second kappa shape index (κ2) is 5.58. The SMILES string of the molecule is O=COc1c2ccccc2cc2cccc(-c3ccccc3)c12. The van der Waals surface area contributed by atoms with Gasteiger partial charge in [-0.05, 0) is 28.0 Å². The molecule has 0 saturated heterocycles. The number of carbonyl (C=O) groups is 1. The molecule has 0 unspecified atom stereocenters. The van der Waals surface area contributed by atoms with E-state index >= 15 is 0 Å². The Kier molecular flexibility index (Phi) is 3.28. The van der Waals surface area contributed by atoms with Crippen molar-refractivity contribution >= 4 is 28.0 Å². The van der Waals surface area contributed by atoms with Gasteiger partial charge in [-0.2, -0.15) is 0 Å². The van der Waals surface area contributed by atoms with Gasteiger partial charge in [0.2, 0.25) is 0 Å². The van der Waals surface area contributed by atoms with Gasteiger partial charge in [0.1, 0.15) is 5.75 Å². The molecule has 0 aliphatic rings. The van der Waals surface area contributed by atoms with Crippen molar-refractivity contribution in [3.63, 3.8) is 0 Å². The number of carbonyl (C=O) groups excluding carboxylic acids is 1. The normalized spacial score (nSPS) is 10.8. The van der Waals surface area contributed by atoms with Crippen LogP contribution in [0.2, 0.25) is 0 Å². The molecule has 4 aromatic rings. The molecule has 0 heterocycles. The molecule has 0 saturated carbocycles. The van der Waals surface area contributed by atoms with E-state index in [-0.39, 0.29) is 0 Å². The van der Waals surface area contributed by atoms with Crippen molar-refractivity contribution in [2.75, 3.05) is 0 Å². The van der Waals surface area contributed by atoms with Gasteiger partial charge in [-0.3, -0.25) is 4.79 Å². The Balaban J connectivity index is 2.17. The standard InChI is InChI=1S/C21H14O2/c22-14-23-21-19-11-5-4-9-16(19)13-17-10-6-12-18(20(17)21)15-7-2-1-3-8-15/h1-14H. The van der Waals surface area contributed by atoms with Crippen LogP contribution in [0, 0.1) is 0 Å². The number of ether oxygens (including phenoxy) is 1. The summed E-state index contributed by atoms with van der Waals surface area (Å²) < 4.78 is 5.41. The molecule has 0 N–H and O–H groups in total. The van der Waals surface area contributed by atoms with Crippen molar-refractivity contribution in [3.05, 3.63) is 78.9 Å². The molecule has 0 atom stereocenters. The second-order valence-corrected chi connectivity index (χ2v) is 5.41. The summed E-state index contributed by atoms with van der Waals surface area (Å²) in [6.07, 6.45) is 0. The van der Waals surface area contributed by atoms with Gasteiger partial charge in [0.05, 0.1) is 0 Å². The molecule has 2 nitrogen and oxygen atoms in total. The molecule has 0 bridgehead atoms. The predicted octanol–water partition coefficient (Wildman–Crippen LogP) is 5.20. The average Bonchev–Trinajstić information content (AvgIpc) is 2.62. The van der Waals surface area contributed by atoms with E-state index < -0.39 is 0 Å². The Bertz CT molecular complexity index is 1000. The summed E-state index contributed by atoms with van der Waals surface area (Å²) in [6, 6.07) is 26.4. The molecule has 0 fully saturated rings. The first-order valence-corrected chi connectivity index (χ1v) is 7.48. The summed E-state index contributed by atoms with van der Waals surface area (Å²) in [6.45, 7) is 0.503.